The van der Waals surface area contributed by atoms with E-state index in [1.165, 1.54) is 11.5 Å². The van der Waals surface area contributed by atoms with Crippen molar-refractivity contribution < 1.29 is 0 Å². The van der Waals surface area contributed by atoms with E-state index in [4.69, 9.17) is 11.6 Å². The average Bonchev–Trinajstić information content (AvgIpc) is 2.83. The van der Waals surface area contributed by atoms with Gasteiger partial charge in [-0.3, -0.25) is 0 Å². The summed E-state index contributed by atoms with van der Waals surface area (Å²) >= 11 is 7.70. The molecule has 108 valence electrons. The number of nitrogens with one attached hydrogen (secondary N) is 1. The molecule has 0 radical (unpaired) electrons. The van der Waals surface area contributed by atoms with Crippen LogP contribution in [0.25, 0.3) is 0 Å². The zero-order chi connectivity index (χ0) is 14.9. The van der Waals surface area contributed by atoms with Gasteiger partial charge in [0.2, 0.25) is 0 Å². The van der Waals surface area contributed by atoms with Gasteiger partial charge in [-0.25, -0.2) is 0 Å². The molecule has 0 bridgehead atoms. The second kappa shape index (κ2) is 5.80. The molecule has 0 aliphatic rings. The van der Waals surface area contributed by atoms with Crippen LogP contribution in [0.3, 0.4) is 0 Å². The van der Waals surface area contributed by atoms with Gasteiger partial charge in [0, 0.05) is 10.4 Å². The van der Waals surface area contributed by atoms with Gasteiger partial charge < -0.3 is 5.32 Å². The van der Waals surface area contributed by atoms with Crippen molar-refractivity contribution in [3.8, 4) is 0 Å². The van der Waals surface area contributed by atoms with E-state index in [0.717, 1.165) is 26.7 Å². The first-order valence-corrected chi connectivity index (χ1v) is 7.75. The Labute approximate surface area is 129 Å². The normalized spacial score (nSPS) is 13.5. The van der Waals surface area contributed by atoms with Crippen LogP contribution in [0.5, 0.6) is 0 Å². The summed E-state index contributed by atoms with van der Waals surface area (Å²) in [5.41, 5.74) is 3.24. The van der Waals surface area contributed by atoms with Crippen molar-refractivity contribution >= 4 is 23.1 Å². The van der Waals surface area contributed by atoms with Crippen molar-refractivity contribution in [2.24, 2.45) is 0 Å². The Morgan fingerprint density at radius 2 is 2.00 bits per heavy atom. The van der Waals surface area contributed by atoms with Crippen LogP contribution < -0.4 is 5.32 Å². The number of aromatic nitrogens is 2. The lowest BCUT2D eigenvalue weighted by Crippen LogP contribution is -2.22. The van der Waals surface area contributed by atoms with E-state index in [1.54, 1.807) is 0 Å². The Bertz CT molecular complexity index is 601. The van der Waals surface area contributed by atoms with Crippen molar-refractivity contribution in [3.63, 3.8) is 0 Å². The molecule has 1 N–H and O–H groups in total. The summed E-state index contributed by atoms with van der Waals surface area (Å²) in [7, 11) is 1.95. The second-order valence-electron chi connectivity index (χ2n) is 5.97. The van der Waals surface area contributed by atoms with Gasteiger partial charge in [-0.05, 0) is 42.7 Å². The molecule has 1 aromatic carbocycles. The smallest absolute Gasteiger partial charge is 0.0860 e. The van der Waals surface area contributed by atoms with Crippen LogP contribution in [0.1, 0.15) is 48.5 Å². The lowest BCUT2D eigenvalue weighted by atomic mass is 9.88. The highest BCUT2D eigenvalue weighted by Gasteiger charge is 2.27. The first-order valence-electron chi connectivity index (χ1n) is 6.60. The first kappa shape index (κ1) is 15.4. The van der Waals surface area contributed by atoms with Gasteiger partial charge in [0.25, 0.3) is 0 Å². The minimum atomic E-state index is -0.0219. The third kappa shape index (κ3) is 3.03. The highest BCUT2D eigenvalue weighted by molar-refractivity contribution is 7.05. The van der Waals surface area contributed by atoms with Crippen molar-refractivity contribution in [2.45, 2.75) is 39.2 Å². The van der Waals surface area contributed by atoms with Gasteiger partial charge in [0.1, 0.15) is 0 Å². The maximum absolute atomic E-state index is 6.25. The molecule has 0 amide bonds. The van der Waals surface area contributed by atoms with E-state index >= 15 is 0 Å². The minimum Gasteiger partial charge on any atom is -0.309 e. The third-order valence-corrected chi connectivity index (χ3v) is 4.50. The maximum Gasteiger partial charge on any atom is 0.0860 e. The molecule has 0 saturated carbocycles. The number of hydrogen-bond acceptors (Lipinski definition) is 4. The third-order valence-electron chi connectivity index (χ3n) is 3.30. The molecule has 0 spiro atoms. The Morgan fingerprint density at radius 1 is 1.30 bits per heavy atom. The number of aryl methyl sites for hydroxylation is 1. The van der Waals surface area contributed by atoms with Crippen LogP contribution >= 0.6 is 23.1 Å². The molecular weight excluding hydrogens is 290 g/mol. The molecule has 1 atom stereocenters. The predicted molar refractivity (Wildman–Crippen MR) is 85.7 cm³/mol. The molecular formula is C15H20ClN3S. The van der Waals surface area contributed by atoms with Gasteiger partial charge in [-0.2, -0.15) is 0 Å². The number of nitrogens with zero attached hydrogens (tertiary/aromatic N) is 2. The molecule has 0 saturated heterocycles. The number of halogens is 1. The lowest BCUT2D eigenvalue weighted by Gasteiger charge is -2.22. The minimum absolute atomic E-state index is 0.0219. The fourth-order valence-electron chi connectivity index (χ4n) is 2.14. The summed E-state index contributed by atoms with van der Waals surface area (Å²) in [4.78, 5) is 1.15. The first-order chi connectivity index (χ1) is 9.34. The van der Waals surface area contributed by atoms with Crippen LogP contribution in [-0.2, 0) is 5.41 Å². The van der Waals surface area contributed by atoms with E-state index < -0.39 is 0 Å². The van der Waals surface area contributed by atoms with E-state index in [-0.39, 0.29) is 11.5 Å². The number of rotatable bonds is 3. The van der Waals surface area contributed by atoms with Crippen molar-refractivity contribution in [1.29, 1.82) is 0 Å². The second-order valence-corrected chi connectivity index (χ2v) is 7.16. The van der Waals surface area contributed by atoms with Crippen LogP contribution in [0.2, 0.25) is 5.02 Å². The largest absolute Gasteiger partial charge is 0.309 e. The molecule has 3 nitrogen and oxygen atoms in total. The van der Waals surface area contributed by atoms with Crippen molar-refractivity contribution in [3.05, 3.63) is 44.9 Å². The fourth-order valence-corrected chi connectivity index (χ4v) is 3.34. The molecule has 2 rings (SSSR count). The van der Waals surface area contributed by atoms with Gasteiger partial charge in [0.05, 0.1) is 16.6 Å². The van der Waals surface area contributed by atoms with Crippen LogP contribution in [0.4, 0.5) is 0 Å². The Morgan fingerprint density at radius 3 is 2.55 bits per heavy atom. The van der Waals surface area contributed by atoms with Crippen LogP contribution in [-0.4, -0.2) is 16.6 Å². The SMILES string of the molecule is CNC(c1ccc(C)c(Cl)c1)c1snnc1C(C)(C)C. The number of benzene rings is 1. The quantitative estimate of drug-likeness (QED) is 0.927. The molecule has 1 unspecified atom stereocenters. The Balaban J connectivity index is 2.48. The van der Waals surface area contributed by atoms with Crippen molar-refractivity contribution in [1.82, 2.24) is 14.9 Å². The Kier molecular flexibility index (Phi) is 4.47. The zero-order valence-electron chi connectivity index (χ0n) is 12.5. The average molecular weight is 310 g/mol. The van der Waals surface area contributed by atoms with Crippen LogP contribution in [0, 0.1) is 6.92 Å². The highest BCUT2D eigenvalue weighted by atomic mass is 35.5. The van der Waals surface area contributed by atoms with Gasteiger partial charge >= 0.3 is 0 Å². The van der Waals surface area contributed by atoms with Gasteiger partial charge in [-0.1, -0.05) is 49.0 Å². The molecule has 0 fully saturated rings. The summed E-state index contributed by atoms with van der Waals surface area (Å²) in [6, 6.07) is 6.24. The van der Waals surface area contributed by atoms with Crippen LogP contribution in [0.15, 0.2) is 18.2 Å². The maximum atomic E-state index is 6.25. The predicted octanol–water partition coefficient (Wildman–Crippen LogP) is 4.11. The molecule has 0 aliphatic carbocycles. The van der Waals surface area contributed by atoms with E-state index in [1.807, 2.05) is 26.1 Å². The molecule has 2 aromatic rings. The molecule has 1 heterocycles. The van der Waals surface area contributed by atoms with E-state index in [2.05, 4.69) is 41.7 Å². The molecule has 1 aromatic heterocycles. The molecule has 0 aliphatic heterocycles. The molecule has 20 heavy (non-hydrogen) atoms. The summed E-state index contributed by atoms with van der Waals surface area (Å²) in [5.74, 6) is 0. The van der Waals surface area contributed by atoms with Crippen molar-refractivity contribution in [2.75, 3.05) is 7.05 Å². The topological polar surface area (TPSA) is 37.8 Å². The summed E-state index contributed by atoms with van der Waals surface area (Å²) in [6.07, 6.45) is 0. The Hall–Kier alpha value is -0.970. The summed E-state index contributed by atoms with van der Waals surface area (Å²) < 4.78 is 4.14. The lowest BCUT2D eigenvalue weighted by molar-refractivity contribution is 0.549. The van der Waals surface area contributed by atoms with E-state index in [0.29, 0.717) is 0 Å². The highest BCUT2D eigenvalue weighted by Crippen LogP contribution is 2.34. The standard InChI is InChI=1S/C15H20ClN3S/c1-9-6-7-10(8-11(9)16)12(17-5)13-14(15(2,3)4)18-19-20-13/h6-8,12,17H,1-5H3. The summed E-state index contributed by atoms with van der Waals surface area (Å²) in [5, 5.41) is 8.46. The summed E-state index contributed by atoms with van der Waals surface area (Å²) in [6.45, 7) is 8.47. The van der Waals surface area contributed by atoms with E-state index in [9.17, 15) is 0 Å². The van der Waals surface area contributed by atoms with Gasteiger partial charge in [0.15, 0.2) is 0 Å². The monoisotopic (exact) mass is 309 g/mol. The van der Waals surface area contributed by atoms with Gasteiger partial charge in [-0.15, -0.1) is 5.10 Å². The molecule has 5 heteroatoms. The fraction of sp³-hybridized carbons (Fsp3) is 0.467. The zero-order valence-corrected chi connectivity index (χ0v) is 14.1. The number of hydrogen-bond donors (Lipinski definition) is 1.